The van der Waals surface area contributed by atoms with E-state index in [1.807, 2.05) is 0 Å². The van der Waals surface area contributed by atoms with E-state index < -0.39 is 23.8 Å². The van der Waals surface area contributed by atoms with Crippen LogP contribution in [0.3, 0.4) is 0 Å². The van der Waals surface area contributed by atoms with Gasteiger partial charge in [-0.2, -0.15) is 0 Å². The molecule has 5 nitrogen and oxygen atoms in total. The number of nitrogen functional groups attached to an aromatic ring is 1. The highest BCUT2D eigenvalue weighted by Crippen LogP contribution is 2.32. The van der Waals surface area contributed by atoms with Crippen LogP contribution in [-0.4, -0.2) is 23.2 Å². The molecule has 0 bridgehead atoms. The number of anilines is 1. The summed E-state index contributed by atoms with van der Waals surface area (Å²) < 4.78 is 29.5. The maximum absolute atomic E-state index is 12.4. The first-order valence-electron chi connectivity index (χ1n) is 3.83. The van der Waals surface area contributed by atoms with Crippen LogP contribution in [-0.2, 0) is 0 Å². The average molecular weight is 218 g/mol. The van der Waals surface area contributed by atoms with E-state index in [1.165, 1.54) is 0 Å². The van der Waals surface area contributed by atoms with Gasteiger partial charge in [0.25, 0.3) is 6.43 Å². The zero-order valence-corrected chi connectivity index (χ0v) is 7.70. The maximum atomic E-state index is 12.4. The number of carboxylic acid groups (broad SMARTS) is 1. The lowest BCUT2D eigenvalue weighted by atomic mass is 10.2. The van der Waals surface area contributed by atoms with Crippen molar-refractivity contribution in [3.05, 3.63) is 17.5 Å². The van der Waals surface area contributed by atoms with Crippen molar-refractivity contribution >= 4 is 11.7 Å². The molecule has 0 atom stereocenters. The molecule has 0 aliphatic heterocycles. The van der Waals surface area contributed by atoms with Crippen molar-refractivity contribution in [1.29, 1.82) is 0 Å². The highest BCUT2D eigenvalue weighted by molar-refractivity contribution is 5.87. The molecule has 0 aliphatic carbocycles. The molecule has 0 fully saturated rings. The second-order valence-corrected chi connectivity index (χ2v) is 2.62. The minimum absolute atomic E-state index is 0.180. The number of aromatic carboxylic acids is 1. The fourth-order valence-electron chi connectivity index (χ4n) is 1.05. The molecule has 0 unspecified atom stereocenters. The summed E-state index contributed by atoms with van der Waals surface area (Å²) in [5.74, 6) is -1.72. The minimum Gasteiger partial charge on any atom is -0.492 e. The van der Waals surface area contributed by atoms with Crippen LogP contribution in [0.25, 0.3) is 0 Å². The van der Waals surface area contributed by atoms with E-state index in [2.05, 4.69) is 9.72 Å². The molecule has 0 saturated carbocycles. The van der Waals surface area contributed by atoms with Gasteiger partial charge in [0.15, 0.2) is 17.1 Å². The predicted octanol–water partition coefficient (Wildman–Crippen LogP) is 1.31. The number of halogens is 2. The van der Waals surface area contributed by atoms with E-state index in [4.69, 9.17) is 10.8 Å². The van der Waals surface area contributed by atoms with Crippen molar-refractivity contribution in [3.63, 3.8) is 0 Å². The van der Waals surface area contributed by atoms with Gasteiger partial charge in [-0.3, -0.25) is 0 Å². The van der Waals surface area contributed by atoms with Crippen LogP contribution >= 0.6 is 0 Å². The highest BCUT2D eigenvalue weighted by atomic mass is 19.3. The van der Waals surface area contributed by atoms with Gasteiger partial charge in [-0.05, 0) is 6.07 Å². The lowest BCUT2D eigenvalue weighted by Crippen LogP contribution is -2.08. The number of nitrogens with two attached hydrogens (primary N) is 1. The van der Waals surface area contributed by atoms with E-state index in [-0.39, 0.29) is 11.4 Å². The number of ether oxygens (including phenoxy) is 1. The quantitative estimate of drug-likeness (QED) is 0.798. The van der Waals surface area contributed by atoms with E-state index in [1.54, 1.807) is 0 Å². The van der Waals surface area contributed by atoms with Crippen LogP contribution in [0.5, 0.6) is 5.75 Å². The normalized spacial score (nSPS) is 10.4. The number of hydrogen-bond donors (Lipinski definition) is 2. The molecule has 0 aromatic carbocycles. The maximum Gasteiger partial charge on any atom is 0.354 e. The summed E-state index contributed by atoms with van der Waals surface area (Å²) in [6, 6.07) is 0.965. The van der Waals surface area contributed by atoms with E-state index in [0.29, 0.717) is 0 Å². The zero-order chi connectivity index (χ0) is 11.6. The number of alkyl halides is 2. The van der Waals surface area contributed by atoms with E-state index >= 15 is 0 Å². The van der Waals surface area contributed by atoms with Crippen molar-refractivity contribution in [2.24, 2.45) is 0 Å². The Morgan fingerprint density at radius 1 is 1.67 bits per heavy atom. The van der Waals surface area contributed by atoms with Crippen LogP contribution in [0.1, 0.15) is 22.6 Å². The van der Waals surface area contributed by atoms with Gasteiger partial charge in [-0.1, -0.05) is 0 Å². The van der Waals surface area contributed by atoms with Gasteiger partial charge in [0.05, 0.1) is 12.8 Å². The van der Waals surface area contributed by atoms with Crippen LogP contribution in [0.4, 0.5) is 14.5 Å². The van der Waals surface area contributed by atoms with Crippen molar-refractivity contribution in [1.82, 2.24) is 4.98 Å². The van der Waals surface area contributed by atoms with Gasteiger partial charge < -0.3 is 15.6 Å². The molecule has 3 N–H and O–H groups in total. The lowest BCUT2D eigenvalue weighted by molar-refractivity contribution is 0.0688. The van der Waals surface area contributed by atoms with Gasteiger partial charge in [0, 0.05) is 0 Å². The lowest BCUT2D eigenvalue weighted by Gasteiger charge is -2.10. The number of rotatable bonds is 3. The molecule has 0 amide bonds. The molecular weight excluding hydrogens is 210 g/mol. The van der Waals surface area contributed by atoms with Gasteiger partial charge in [-0.25, -0.2) is 18.6 Å². The first-order valence-corrected chi connectivity index (χ1v) is 3.83. The Bertz CT molecular complexity index is 396. The second kappa shape index (κ2) is 4.07. The van der Waals surface area contributed by atoms with Gasteiger partial charge in [-0.15, -0.1) is 0 Å². The van der Waals surface area contributed by atoms with Crippen molar-refractivity contribution in [3.8, 4) is 5.75 Å². The van der Waals surface area contributed by atoms with Crippen molar-refractivity contribution in [2.45, 2.75) is 6.43 Å². The number of carboxylic acids is 1. The molecule has 15 heavy (non-hydrogen) atoms. The molecule has 1 rings (SSSR count). The van der Waals surface area contributed by atoms with E-state index in [0.717, 1.165) is 13.2 Å². The Hall–Kier alpha value is -1.92. The summed E-state index contributed by atoms with van der Waals surface area (Å²) >= 11 is 0. The number of carbonyl (C=O) groups is 1. The molecular formula is C8H8F2N2O3. The Morgan fingerprint density at radius 3 is 2.67 bits per heavy atom. The minimum atomic E-state index is -2.94. The molecule has 0 aliphatic rings. The van der Waals surface area contributed by atoms with Gasteiger partial charge >= 0.3 is 5.97 Å². The third-order valence-corrected chi connectivity index (χ3v) is 1.66. The third kappa shape index (κ3) is 2.12. The third-order valence-electron chi connectivity index (χ3n) is 1.66. The summed E-state index contributed by atoms with van der Waals surface area (Å²) in [7, 11) is 1.15. The Labute approximate surface area is 83.5 Å². The van der Waals surface area contributed by atoms with Gasteiger partial charge in [0.2, 0.25) is 0 Å². The molecule has 1 heterocycles. The molecule has 0 radical (unpaired) electrons. The molecule has 82 valence electrons. The summed E-state index contributed by atoms with van der Waals surface area (Å²) in [5, 5.41) is 8.58. The zero-order valence-electron chi connectivity index (χ0n) is 7.70. The molecule has 0 saturated heterocycles. The van der Waals surface area contributed by atoms with Crippen LogP contribution in [0.2, 0.25) is 0 Å². The topological polar surface area (TPSA) is 85.4 Å². The molecule has 1 aromatic heterocycles. The predicted molar refractivity (Wildman–Crippen MR) is 47.1 cm³/mol. The molecule has 0 spiro atoms. The van der Waals surface area contributed by atoms with Crippen LogP contribution in [0, 0.1) is 0 Å². The molecule has 7 heteroatoms. The second-order valence-electron chi connectivity index (χ2n) is 2.62. The number of pyridine rings is 1. The Morgan fingerprint density at radius 2 is 2.27 bits per heavy atom. The van der Waals surface area contributed by atoms with Crippen molar-refractivity contribution in [2.75, 3.05) is 12.8 Å². The van der Waals surface area contributed by atoms with Crippen LogP contribution in [0.15, 0.2) is 6.07 Å². The first kappa shape index (κ1) is 11.2. The Kier molecular flexibility index (Phi) is 3.03. The SMILES string of the molecule is COc1c(N)cc(C(=O)O)nc1C(F)F. The number of aromatic nitrogens is 1. The van der Waals surface area contributed by atoms with E-state index in [9.17, 15) is 13.6 Å². The smallest absolute Gasteiger partial charge is 0.354 e. The number of methoxy groups -OCH3 is 1. The first-order chi connectivity index (χ1) is 6.97. The largest absolute Gasteiger partial charge is 0.492 e. The monoisotopic (exact) mass is 218 g/mol. The summed E-state index contributed by atoms with van der Waals surface area (Å²) in [4.78, 5) is 13.8. The number of nitrogens with zero attached hydrogens (tertiary/aromatic N) is 1. The fourth-order valence-corrected chi connectivity index (χ4v) is 1.05. The summed E-state index contributed by atoms with van der Waals surface area (Å²) in [5.41, 5.74) is 3.86. The highest BCUT2D eigenvalue weighted by Gasteiger charge is 2.21. The fraction of sp³-hybridized carbons (Fsp3) is 0.250. The standard InChI is InChI=1S/C8H8F2N2O3/c1-15-6-3(11)2-4(8(13)14)12-5(6)7(9)10/h2,7H,1H3,(H2,11,12)(H,13,14). The van der Waals surface area contributed by atoms with Gasteiger partial charge in [0.1, 0.15) is 0 Å². The van der Waals surface area contributed by atoms with Crippen LogP contribution < -0.4 is 10.5 Å². The average Bonchev–Trinajstić information content (AvgIpc) is 2.16. The Balaban J connectivity index is 3.38. The molecule has 1 aromatic rings. The summed E-state index contributed by atoms with van der Waals surface area (Å²) in [6.45, 7) is 0. The van der Waals surface area contributed by atoms with Crippen molar-refractivity contribution < 1.29 is 23.4 Å². The summed E-state index contributed by atoms with van der Waals surface area (Å²) in [6.07, 6.45) is -2.94. The number of hydrogen-bond acceptors (Lipinski definition) is 4.